The molecule has 200 valence electrons. The van der Waals surface area contributed by atoms with Crippen LogP contribution in [0.4, 0.5) is 4.79 Å². The number of benzene rings is 3. The summed E-state index contributed by atoms with van der Waals surface area (Å²) in [5, 5.41) is 5.15. The van der Waals surface area contributed by atoms with Crippen LogP contribution in [0, 0.1) is 0 Å². The SMILES string of the molecule is COc1ccc2c([C@H](C)C(=O)NCCC3COc4ccc(C(N)=NC(=O)OC(C)(C)C)cc43)cccc2c1. The van der Waals surface area contributed by atoms with Gasteiger partial charge in [-0.05, 0) is 80.8 Å². The van der Waals surface area contributed by atoms with Gasteiger partial charge >= 0.3 is 6.09 Å². The number of methoxy groups -OCH3 is 1. The van der Waals surface area contributed by atoms with Crippen LogP contribution in [0.2, 0.25) is 0 Å². The molecule has 0 fully saturated rings. The Morgan fingerprint density at radius 2 is 1.95 bits per heavy atom. The zero-order valence-electron chi connectivity index (χ0n) is 22.5. The molecular formula is C30H35N3O5. The first-order valence-corrected chi connectivity index (χ1v) is 12.7. The average Bonchev–Trinajstić information content (AvgIpc) is 3.28. The molecule has 3 aromatic carbocycles. The van der Waals surface area contributed by atoms with Gasteiger partial charge in [-0.25, -0.2) is 4.79 Å². The molecule has 2 atom stereocenters. The smallest absolute Gasteiger partial charge is 0.436 e. The molecule has 0 aliphatic carbocycles. The third-order valence-electron chi connectivity index (χ3n) is 6.56. The molecule has 4 rings (SSSR count). The normalized spacial score (nSPS) is 15.9. The lowest BCUT2D eigenvalue weighted by Gasteiger charge is -2.17. The quantitative estimate of drug-likeness (QED) is 0.326. The van der Waals surface area contributed by atoms with Crippen LogP contribution < -0.4 is 20.5 Å². The highest BCUT2D eigenvalue weighted by Crippen LogP contribution is 2.36. The fourth-order valence-corrected chi connectivity index (χ4v) is 4.58. The van der Waals surface area contributed by atoms with E-state index in [-0.39, 0.29) is 23.6 Å². The predicted octanol–water partition coefficient (Wildman–Crippen LogP) is 5.27. The summed E-state index contributed by atoms with van der Waals surface area (Å²) in [6.45, 7) is 8.24. The highest BCUT2D eigenvalue weighted by molar-refractivity contribution is 6.03. The monoisotopic (exact) mass is 517 g/mol. The summed E-state index contributed by atoms with van der Waals surface area (Å²) in [5.74, 6) is 1.38. The maximum atomic E-state index is 13.0. The molecule has 38 heavy (non-hydrogen) atoms. The summed E-state index contributed by atoms with van der Waals surface area (Å²) in [6.07, 6.45) is -0.0319. The van der Waals surface area contributed by atoms with Gasteiger partial charge in [-0.3, -0.25) is 4.79 Å². The van der Waals surface area contributed by atoms with Crippen LogP contribution in [0.25, 0.3) is 10.8 Å². The fraction of sp³-hybridized carbons (Fsp3) is 0.367. The molecule has 1 heterocycles. The number of hydrogen-bond acceptors (Lipinski definition) is 5. The van der Waals surface area contributed by atoms with E-state index < -0.39 is 11.7 Å². The highest BCUT2D eigenvalue weighted by atomic mass is 16.6. The number of amidine groups is 1. The van der Waals surface area contributed by atoms with E-state index in [0.29, 0.717) is 25.1 Å². The van der Waals surface area contributed by atoms with E-state index in [0.717, 1.165) is 33.4 Å². The van der Waals surface area contributed by atoms with E-state index in [1.165, 1.54) is 0 Å². The molecule has 0 radical (unpaired) electrons. The van der Waals surface area contributed by atoms with Gasteiger partial charge in [-0.1, -0.05) is 24.3 Å². The Hall–Kier alpha value is -4.07. The Morgan fingerprint density at radius 3 is 2.68 bits per heavy atom. The Kier molecular flexibility index (Phi) is 7.90. The summed E-state index contributed by atoms with van der Waals surface area (Å²) in [4.78, 5) is 29.0. The number of aliphatic imine (C=N–C) groups is 1. The lowest BCUT2D eigenvalue weighted by Crippen LogP contribution is -2.30. The number of ether oxygens (including phenoxy) is 3. The Bertz CT molecular complexity index is 1380. The minimum atomic E-state index is -0.731. The maximum absolute atomic E-state index is 13.0. The van der Waals surface area contributed by atoms with Gasteiger partial charge in [0.2, 0.25) is 5.91 Å². The zero-order chi connectivity index (χ0) is 27.4. The van der Waals surface area contributed by atoms with E-state index >= 15 is 0 Å². The molecule has 0 aromatic heterocycles. The number of rotatable bonds is 7. The molecular weight excluding hydrogens is 482 g/mol. The molecule has 3 N–H and O–H groups in total. The molecule has 0 bridgehead atoms. The molecule has 8 heteroatoms. The van der Waals surface area contributed by atoms with Gasteiger partial charge in [0.05, 0.1) is 19.6 Å². The summed E-state index contributed by atoms with van der Waals surface area (Å²) in [6, 6.07) is 17.3. The molecule has 0 saturated carbocycles. The molecule has 1 aliphatic heterocycles. The van der Waals surface area contributed by atoms with Crippen LogP contribution in [0.1, 0.15) is 62.6 Å². The lowest BCUT2D eigenvalue weighted by atomic mass is 9.93. The summed E-state index contributed by atoms with van der Waals surface area (Å²) in [7, 11) is 1.64. The third kappa shape index (κ3) is 6.25. The van der Waals surface area contributed by atoms with Crippen molar-refractivity contribution in [1.29, 1.82) is 0 Å². The van der Waals surface area contributed by atoms with Gasteiger partial charge in [0.15, 0.2) is 0 Å². The van der Waals surface area contributed by atoms with Crippen molar-refractivity contribution in [3.8, 4) is 11.5 Å². The van der Waals surface area contributed by atoms with Gasteiger partial charge in [-0.15, -0.1) is 0 Å². The van der Waals surface area contributed by atoms with Crippen LogP contribution in [-0.4, -0.2) is 43.7 Å². The molecule has 2 amide bonds. The first-order valence-electron chi connectivity index (χ1n) is 12.7. The third-order valence-corrected chi connectivity index (χ3v) is 6.56. The average molecular weight is 518 g/mol. The summed E-state index contributed by atoms with van der Waals surface area (Å²) in [5.41, 5.74) is 8.01. The van der Waals surface area contributed by atoms with Crippen molar-refractivity contribution < 1.29 is 23.8 Å². The minimum absolute atomic E-state index is 0.0325. The number of amides is 2. The first kappa shape index (κ1) is 27.0. The zero-order valence-corrected chi connectivity index (χ0v) is 22.5. The second-order valence-corrected chi connectivity index (χ2v) is 10.5. The van der Waals surface area contributed by atoms with Crippen molar-refractivity contribution in [2.24, 2.45) is 10.7 Å². The van der Waals surface area contributed by atoms with Crippen LogP contribution in [0.3, 0.4) is 0 Å². The highest BCUT2D eigenvalue weighted by Gasteiger charge is 2.26. The maximum Gasteiger partial charge on any atom is 0.436 e. The number of nitrogens with zero attached hydrogens (tertiary/aromatic N) is 1. The number of hydrogen-bond donors (Lipinski definition) is 2. The number of nitrogens with one attached hydrogen (secondary N) is 1. The molecule has 0 spiro atoms. The van der Waals surface area contributed by atoms with Crippen LogP contribution >= 0.6 is 0 Å². The second kappa shape index (κ2) is 11.1. The van der Waals surface area contributed by atoms with Gasteiger partial charge in [0.25, 0.3) is 0 Å². The van der Waals surface area contributed by atoms with Gasteiger partial charge in [-0.2, -0.15) is 4.99 Å². The number of carbonyl (C=O) groups excluding carboxylic acids is 2. The fourth-order valence-electron chi connectivity index (χ4n) is 4.58. The topological polar surface area (TPSA) is 112 Å². The van der Waals surface area contributed by atoms with Crippen molar-refractivity contribution in [2.75, 3.05) is 20.3 Å². The van der Waals surface area contributed by atoms with Gasteiger partial charge < -0.3 is 25.3 Å². The molecule has 0 saturated heterocycles. The van der Waals surface area contributed by atoms with Crippen molar-refractivity contribution in [1.82, 2.24) is 5.32 Å². The Balaban J connectivity index is 1.39. The van der Waals surface area contributed by atoms with Crippen molar-refractivity contribution >= 4 is 28.6 Å². The van der Waals surface area contributed by atoms with E-state index in [4.69, 9.17) is 19.9 Å². The Labute approximate surface area is 223 Å². The van der Waals surface area contributed by atoms with Crippen molar-refractivity contribution in [2.45, 2.75) is 51.6 Å². The molecule has 3 aromatic rings. The standard InChI is InChI=1S/C30H35N3O5/c1-18(23-8-6-7-19-15-22(36-5)10-11-24(19)23)28(34)32-14-13-21-17-37-26-12-9-20(16-25(21)26)27(31)33-29(35)38-30(2,3)4/h6-12,15-16,18,21H,13-14,17H2,1-5H3,(H,32,34)(H2,31,33,35)/t18-,21?/m0/s1. The number of nitrogens with two attached hydrogens (primary N) is 1. The number of carbonyl (C=O) groups is 2. The number of fused-ring (bicyclic) bond motifs is 2. The van der Waals surface area contributed by atoms with E-state index in [9.17, 15) is 9.59 Å². The first-order chi connectivity index (χ1) is 18.1. The van der Waals surface area contributed by atoms with Crippen molar-refractivity contribution in [3.63, 3.8) is 0 Å². The van der Waals surface area contributed by atoms with Gasteiger partial charge in [0.1, 0.15) is 22.9 Å². The predicted molar refractivity (Wildman–Crippen MR) is 148 cm³/mol. The molecule has 1 unspecified atom stereocenters. The second-order valence-electron chi connectivity index (χ2n) is 10.5. The Morgan fingerprint density at radius 1 is 1.16 bits per heavy atom. The largest absolute Gasteiger partial charge is 0.497 e. The molecule has 8 nitrogen and oxygen atoms in total. The van der Waals surface area contributed by atoms with E-state index in [1.807, 2.05) is 55.5 Å². The van der Waals surface area contributed by atoms with E-state index in [1.54, 1.807) is 33.9 Å². The summed E-state index contributed by atoms with van der Waals surface area (Å²) < 4.78 is 16.4. The summed E-state index contributed by atoms with van der Waals surface area (Å²) >= 11 is 0. The lowest BCUT2D eigenvalue weighted by molar-refractivity contribution is -0.122. The molecule has 1 aliphatic rings. The van der Waals surface area contributed by atoms with Crippen LogP contribution in [-0.2, 0) is 9.53 Å². The minimum Gasteiger partial charge on any atom is -0.497 e. The van der Waals surface area contributed by atoms with Crippen LogP contribution in [0.5, 0.6) is 11.5 Å². The van der Waals surface area contributed by atoms with Crippen LogP contribution in [0.15, 0.2) is 59.6 Å². The van der Waals surface area contributed by atoms with Crippen molar-refractivity contribution in [3.05, 3.63) is 71.3 Å². The van der Waals surface area contributed by atoms with Gasteiger partial charge in [0, 0.05) is 23.6 Å². The van der Waals surface area contributed by atoms with E-state index in [2.05, 4.69) is 10.3 Å².